The van der Waals surface area contributed by atoms with E-state index in [1.54, 1.807) is 18.7 Å². The Morgan fingerprint density at radius 1 is 1.67 bits per heavy atom. The molecule has 1 aromatic heterocycles. The second kappa shape index (κ2) is 7.16. The van der Waals surface area contributed by atoms with Gasteiger partial charge in [-0.2, -0.15) is 16.9 Å². The highest BCUT2D eigenvalue weighted by Crippen LogP contribution is 2.24. The molecule has 0 radical (unpaired) electrons. The minimum atomic E-state index is -0.567. The highest BCUT2D eigenvalue weighted by atomic mass is 79.9. The number of aromatic nitrogens is 2. The zero-order valence-electron chi connectivity index (χ0n) is 10.8. The van der Waals surface area contributed by atoms with Crippen LogP contribution in [0.1, 0.15) is 18.3 Å². The zero-order valence-corrected chi connectivity index (χ0v) is 13.2. The number of ether oxygens (including phenoxy) is 1. The molecule has 0 saturated heterocycles. The van der Waals surface area contributed by atoms with E-state index in [-0.39, 0.29) is 5.97 Å². The summed E-state index contributed by atoms with van der Waals surface area (Å²) < 4.78 is 7.71. The van der Waals surface area contributed by atoms with Gasteiger partial charge in [0.2, 0.25) is 0 Å². The Hall–Kier alpha value is -0.530. The van der Waals surface area contributed by atoms with E-state index < -0.39 is 6.04 Å². The van der Waals surface area contributed by atoms with E-state index >= 15 is 0 Å². The van der Waals surface area contributed by atoms with Crippen LogP contribution in [0.15, 0.2) is 4.47 Å². The lowest BCUT2D eigenvalue weighted by molar-refractivity contribution is -0.144. The highest BCUT2D eigenvalue weighted by molar-refractivity contribution is 9.10. The van der Waals surface area contributed by atoms with Crippen LogP contribution >= 0.6 is 27.7 Å². The summed E-state index contributed by atoms with van der Waals surface area (Å²) in [5.74, 6) is 0.950. The first kappa shape index (κ1) is 15.5. The van der Waals surface area contributed by atoms with Gasteiger partial charge in [-0.25, -0.2) is 0 Å². The van der Waals surface area contributed by atoms with Crippen LogP contribution in [0.5, 0.6) is 0 Å². The van der Waals surface area contributed by atoms with Crippen LogP contribution in [-0.2, 0) is 22.3 Å². The lowest BCUT2D eigenvalue weighted by Crippen LogP contribution is -2.34. The van der Waals surface area contributed by atoms with Crippen LogP contribution in [0.4, 0.5) is 0 Å². The number of halogens is 1. The van der Waals surface area contributed by atoms with Gasteiger partial charge in [-0.15, -0.1) is 0 Å². The molecule has 102 valence electrons. The summed E-state index contributed by atoms with van der Waals surface area (Å²) in [7, 11) is 1.90. The normalized spacial score (nSPS) is 12.5. The number of thioether (sulfide) groups is 1. The Kier molecular flexibility index (Phi) is 6.17. The van der Waals surface area contributed by atoms with Crippen LogP contribution in [0, 0.1) is 6.92 Å². The molecule has 2 N–H and O–H groups in total. The molecule has 1 heterocycles. The molecule has 0 amide bonds. The molecular formula is C11H18BrN3O2S. The zero-order chi connectivity index (χ0) is 13.7. The average molecular weight is 336 g/mol. The van der Waals surface area contributed by atoms with Crippen LogP contribution < -0.4 is 5.73 Å². The fourth-order valence-electron chi connectivity index (χ4n) is 1.44. The quantitative estimate of drug-likeness (QED) is 0.800. The summed E-state index contributed by atoms with van der Waals surface area (Å²) >= 11 is 5.10. The number of esters is 1. The maximum Gasteiger partial charge on any atom is 0.323 e. The van der Waals surface area contributed by atoms with Gasteiger partial charge in [-0.05, 0) is 29.8 Å². The molecule has 7 heteroatoms. The second-order valence-corrected chi connectivity index (χ2v) is 5.67. The predicted molar refractivity (Wildman–Crippen MR) is 76.4 cm³/mol. The fraction of sp³-hybridized carbons (Fsp3) is 0.636. The van der Waals surface area contributed by atoms with Gasteiger partial charge >= 0.3 is 5.97 Å². The Balaban J connectivity index is 2.44. The summed E-state index contributed by atoms with van der Waals surface area (Å²) in [4.78, 5) is 11.3. The van der Waals surface area contributed by atoms with E-state index in [0.717, 1.165) is 21.6 Å². The molecule has 1 rings (SSSR count). The molecule has 0 aromatic carbocycles. The molecule has 0 aliphatic heterocycles. The van der Waals surface area contributed by atoms with Gasteiger partial charge in [-0.1, -0.05) is 0 Å². The molecule has 18 heavy (non-hydrogen) atoms. The molecule has 0 aliphatic rings. The number of nitrogens with zero attached hydrogens (tertiary/aromatic N) is 2. The van der Waals surface area contributed by atoms with Crippen molar-refractivity contribution in [2.24, 2.45) is 12.8 Å². The third-order valence-electron chi connectivity index (χ3n) is 2.39. The maximum atomic E-state index is 11.3. The van der Waals surface area contributed by atoms with Crippen molar-refractivity contribution in [1.29, 1.82) is 0 Å². The molecule has 1 unspecified atom stereocenters. The van der Waals surface area contributed by atoms with E-state index in [0.29, 0.717) is 12.4 Å². The largest absolute Gasteiger partial charge is 0.465 e. The topological polar surface area (TPSA) is 70.1 Å². The molecular weight excluding hydrogens is 318 g/mol. The van der Waals surface area contributed by atoms with Gasteiger partial charge in [0.25, 0.3) is 0 Å². The van der Waals surface area contributed by atoms with E-state index in [1.165, 1.54) is 0 Å². The van der Waals surface area contributed by atoms with Gasteiger partial charge in [0.15, 0.2) is 0 Å². The van der Waals surface area contributed by atoms with E-state index in [4.69, 9.17) is 10.5 Å². The molecule has 0 aliphatic carbocycles. The molecule has 1 atom stereocenters. The molecule has 0 saturated carbocycles. The summed E-state index contributed by atoms with van der Waals surface area (Å²) in [6.45, 7) is 4.08. The van der Waals surface area contributed by atoms with Gasteiger partial charge in [0.1, 0.15) is 6.04 Å². The lowest BCUT2D eigenvalue weighted by atomic mass is 10.4. The van der Waals surface area contributed by atoms with Gasteiger partial charge in [-0.3, -0.25) is 9.48 Å². The Morgan fingerprint density at radius 3 is 2.83 bits per heavy atom. The van der Waals surface area contributed by atoms with Crippen molar-refractivity contribution in [2.45, 2.75) is 25.6 Å². The van der Waals surface area contributed by atoms with Crippen molar-refractivity contribution in [3.63, 3.8) is 0 Å². The number of aryl methyl sites for hydroxylation is 2. The maximum absolute atomic E-state index is 11.3. The number of carbonyl (C=O) groups is 1. The standard InChI is InChI=1S/C11H18BrN3O2S/c1-4-17-11(16)8(13)5-18-6-9-10(12)7(2)14-15(9)3/h8H,4-6,13H2,1-3H3. The van der Waals surface area contributed by atoms with E-state index in [9.17, 15) is 4.79 Å². The molecule has 0 fully saturated rings. The number of carbonyl (C=O) groups excluding carboxylic acids is 1. The smallest absolute Gasteiger partial charge is 0.323 e. The molecule has 1 aromatic rings. The van der Waals surface area contributed by atoms with Crippen molar-refractivity contribution in [3.8, 4) is 0 Å². The van der Waals surface area contributed by atoms with Gasteiger partial charge < -0.3 is 10.5 Å². The minimum Gasteiger partial charge on any atom is -0.465 e. The van der Waals surface area contributed by atoms with Gasteiger partial charge in [0, 0.05) is 18.6 Å². The average Bonchev–Trinajstić information content (AvgIpc) is 2.55. The summed E-state index contributed by atoms with van der Waals surface area (Å²) in [5, 5.41) is 4.31. The fourth-order valence-corrected chi connectivity index (χ4v) is 3.13. The molecule has 5 nitrogen and oxygen atoms in total. The Bertz CT molecular complexity index is 423. The first-order chi connectivity index (χ1) is 8.47. The third-order valence-corrected chi connectivity index (χ3v) is 4.49. The Morgan fingerprint density at radius 2 is 2.33 bits per heavy atom. The number of hydrogen-bond donors (Lipinski definition) is 1. The molecule has 0 bridgehead atoms. The van der Waals surface area contributed by atoms with Crippen LogP contribution in [0.3, 0.4) is 0 Å². The monoisotopic (exact) mass is 335 g/mol. The van der Waals surface area contributed by atoms with Crippen molar-refractivity contribution in [2.75, 3.05) is 12.4 Å². The summed E-state index contributed by atoms with van der Waals surface area (Å²) in [5.41, 5.74) is 7.77. The van der Waals surface area contributed by atoms with Crippen LogP contribution in [-0.4, -0.2) is 34.2 Å². The second-order valence-electron chi connectivity index (χ2n) is 3.84. The van der Waals surface area contributed by atoms with Crippen molar-refractivity contribution in [3.05, 3.63) is 15.9 Å². The first-order valence-corrected chi connectivity index (χ1v) is 7.60. The number of nitrogens with two attached hydrogens (primary N) is 1. The minimum absolute atomic E-state index is 0.342. The van der Waals surface area contributed by atoms with E-state index in [2.05, 4.69) is 21.0 Å². The number of hydrogen-bond acceptors (Lipinski definition) is 5. The number of rotatable bonds is 6. The third kappa shape index (κ3) is 4.00. The summed E-state index contributed by atoms with van der Waals surface area (Å²) in [6, 6.07) is -0.567. The van der Waals surface area contributed by atoms with E-state index in [1.807, 2.05) is 18.7 Å². The lowest BCUT2D eigenvalue weighted by Gasteiger charge is -2.10. The van der Waals surface area contributed by atoms with Crippen LogP contribution in [0.25, 0.3) is 0 Å². The SMILES string of the molecule is CCOC(=O)C(N)CSCc1c(Br)c(C)nn1C. The summed E-state index contributed by atoms with van der Waals surface area (Å²) in [6.07, 6.45) is 0. The predicted octanol–water partition coefficient (Wildman–Crippen LogP) is 1.61. The van der Waals surface area contributed by atoms with Crippen LogP contribution in [0.2, 0.25) is 0 Å². The Labute approximate surface area is 120 Å². The molecule has 0 spiro atoms. The van der Waals surface area contributed by atoms with Crippen molar-refractivity contribution < 1.29 is 9.53 Å². The first-order valence-electron chi connectivity index (χ1n) is 5.65. The highest BCUT2D eigenvalue weighted by Gasteiger charge is 2.16. The van der Waals surface area contributed by atoms with Crippen molar-refractivity contribution in [1.82, 2.24) is 9.78 Å². The van der Waals surface area contributed by atoms with Gasteiger partial charge in [0.05, 0.1) is 22.5 Å². The van der Waals surface area contributed by atoms with Crippen molar-refractivity contribution >= 4 is 33.7 Å².